The van der Waals surface area contributed by atoms with E-state index >= 15 is 0 Å². The largest absolute Gasteiger partial charge is 0.302 e. The molecule has 0 spiro atoms. The van der Waals surface area contributed by atoms with Gasteiger partial charge in [-0.25, -0.2) is 0 Å². The second-order valence-corrected chi connectivity index (χ2v) is 3.83. The summed E-state index contributed by atoms with van der Waals surface area (Å²) in [6.45, 7) is 6.08. The molecule has 0 saturated heterocycles. The minimum Gasteiger partial charge on any atom is -0.302 e. The zero-order chi connectivity index (χ0) is 11.3. The molecule has 82 valence electrons. The van der Waals surface area contributed by atoms with Crippen molar-refractivity contribution in [2.75, 3.05) is 13.6 Å². The van der Waals surface area contributed by atoms with Crippen LogP contribution in [0.15, 0.2) is 18.2 Å². The van der Waals surface area contributed by atoms with Crippen molar-refractivity contribution in [2.24, 2.45) is 0 Å². The number of aryl methyl sites for hydroxylation is 1. The molecule has 0 aromatic heterocycles. The Kier molecular flexibility index (Phi) is 4.50. The fraction of sp³-hybridized carbons (Fsp3) is 0.462. The molecule has 1 rings (SSSR count). The van der Waals surface area contributed by atoms with Crippen LogP contribution in [0.4, 0.5) is 0 Å². The lowest BCUT2D eigenvalue weighted by Gasteiger charge is -2.15. The second kappa shape index (κ2) is 5.66. The first kappa shape index (κ1) is 11.9. The molecule has 0 aliphatic heterocycles. The van der Waals surface area contributed by atoms with Crippen LogP contribution >= 0.6 is 0 Å². The van der Waals surface area contributed by atoms with Gasteiger partial charge in [-0.3, -0.25) is 4.79 Å². The van der Waals surface area contributed by atoms with E-state index in [9.17, 15) is 4.79 Å². The molecule has 0 aliphatic rings. The highest BCUT2D eigenvalue weighted by molar-refractivity contribution is 5.77. The first-order valence-corrected chi connectivity index (χ1v) is 5.46. The summed E-state index contributed by atoms with van der Waals surface area (Å²) in [4.78, 5) is 13.1. The van der Waals surface area contributed by atoms with Crippen LogP contribution in [-0.4, -0.2) is 24.8 Å². The van der Waals surface area contributed by atoms with Crippen molar-refractivity contribution in [3.05, 3.63) is 34.9 Å². The van der Waals surface area contributed by atoms with Crippen molar-refractivity contribution < 1.29 is 4.79 Å². The highest BCUT2D eigenvalue weighted by Crippen LogP contribution is 2.13. The van der Waals surface area contributed by atoms with Gasteiger partial charge in [0.25, 0.3) is 0 Å². The molecule has 0 N–H and O–H groups in total. The first-order valence-electron chi connectivity index (χ1n) is 5.46. The fourth-order valence-corrected chi connectivity index (χ4v) is 1.53. The summed E-state index contributed by atoms with van der Waals surface area (Å²) in [5.74, 6) is 0. The SMILES string of the molecule is CCc1ccc(C=O)c(CN(C)CC)c1. The third-order valence-electron chi connectivity index (χ3n) is 2.72. The lowest BCUT2D eigenvalue weighted by atomic mass is 10.0. The summed E-state index contributed by atoms with van der Waals surface area (Å²) < 4.78 is 0. The van der Waals surface area contributed by atoms with Gasteiger partial charge >= 0.3 is 0 Å². The van der Waals surface area contributed by atoms with Gasteiger partial charge in [0.05, 0.1) is 0 Å². The molecular weight excluding hydrogens is 186 g/mol. The van der Waals surface area contributed by atoms with Crippen LogP contribution in [0.3, 0.4) is 0 Å². The van der Waals surface area contributed by atoms with Crippen molar-refractivity contribution in [3.8, 4) is 0 Å². The Bertz CT molecular complexity index is 333. The van der Waals surface area contributed by atoms with Gasteiger partial charge in [-0.15, -0.1) is 0 Å². The molecule has 0 amide bonds. The van der Waals surface area contributed by atoms with Crippen molar-refractivity contribution in [1.29, 1.82) is 0 Å². The number of hydrogen-bond acceptors (Lipinski definition) is 2. The van der Waals surface area contributed by atoms with Gasteiger partial charge < -0.3 is 4.90 Å². The lowest BCUT2D eigenvalue weighted by molar-refractivity contribution is 0.112. The van der Waals surface area contributed by atoms with Gasteiger partial charge in [0.1, 0.15) is 6.29 Å². The molecule has 15 heavy (non-hydrogen) atoms. The van der Waals surface area contributed by atoms with Crippen molar-refractivity contribution in [2.45, 2.75) is 26.8 Å². The molecule has 0 bridgehead atoms. The standard InChI is InChI=1S/C13H19NO/c1-4-11-6-7-12(10-15)13(8-11)9-14(3)5-2/h6-8,10H,4-5,9H2,1-3H3. The normalized spacial score (nSPS) is 10.7. The van der Waals surface area contributed by atoms with Crippen LogP contribution in [0, 0.1) is 0 Å². The molecule has 0 heterocycles. The van der Waals surface area contributed by atoms with E-state index in [0.29, 0.717) is 0 Å². The summed E-state index contributed by atoms with van der Waals surface area (Å²) >= 11 is 0. The summed E-state index contributed by atoms with van der Waals surface area (Å²) in [5.41, 5.74) is 3.24. The Balaban J connectivity index is 2.95. The van der Waals surface area contributed by atoms with Crippen LogP contribution in [0.25, 0.3) is 0 Å². The fourth-order valence-electron chi connectivity index (χ4n) is 1.53. The Morgan fingerprint density at radius 2 is 2.07 bits per heavy atom. The highest BCUT2D eigenvalue weighted by Gasteiger charge is 2.04. The molecule has 0 unspecified atom stereocenters. The summed E-state index contributed by atoms with van der Waals surface area (Å²) in [7, 11) is 2.06. The smallest absolute Gasteiger partial charge is 0.150 e. The number of carbonyl (C=O) groups is 1. The zero-order valence-electron chi connectivity index (χ0n) is 9.79. The van der Waals surface area contributed by atoms with Crippen LogP contribution < -0.4 is 0 Å². The molecule has 0 radical (unpaired) electrons. The van der Waals surface area contributed by atoms with E-state index in [4.69, 9.17) is 0 Å². The number of benzene rings is 1. The maximum absolute atomic E-state index is 10.9. The molecular formula is C13H19NO. The maximum Gasteiger partial charge on any atom is 0.150 e. The van der Waals surface area contributed by atoms with E-state index in [0.717, 1.165) is 36.9 Å². The molecule has 2 nitrogen and oxygen atoms in total. The van der Waals surface area contributed by atoms with Crippen LogP contribution in [0.2, 0.25) is 0 Å². The van der Waals surface area contributed by atoms with E-state index in [2.05, 4.69) is 31.9 Å². The van der Waals surface area contributed by atoms with E-state index in [1.165, 1.54) is 5.56 Å². The van der Waals surface area contributed by atoms with Gasteiger partial charge in [0, 0.05) is 12.1 Å². The van der Waals surface area contributed by atoms with Crippen LogP contribution in [0.5, 0.6) is 0 Å². The zero-order valence-corrected chi connectivity index (χ0v) is 9.79. The molecule has 0 atom stereocenters. The highest BCUT2D eigenvalue weighted by atomic mass is 16.1. The van der Waals surface area contributed by atoms with Gasteiger partial charge in [0.15, 0.2) is 0 Å². The quantitative estimate of drug-likeness (QED) is 0.688. The van der Waals surface area contributed by atoms with E-state index < -0.39 is 0 Å². The van der Waals surface area contributed by atoms with E-state index in [1.54, 1.807) is 0 Å². The van der Waals surface area contributed by atoms with Gasteiger partial charge in [0.2, 0.25) is 0 Å². The second-order valence-electron chi connectivity index (χ2n) is 3.83. The Morgan fingerprint density at radius 3 is 2.60 bits per heavy atom. The minimum atomic E-state index is 0.813. The van der Waals surface area contributed by atoms with Gasteiger partial charge in [-0.1, -0.05) is 32.0 Å². The molecule has 1 aromatic rings. The third kappa shape index (κ3) is 3.17. The predicted octanol–water partition coefficient (Wildman–Crippen LogP) is 2.51. The maximum atomic E-state index is 10.9. The average Bonchev–Trinajstić information content (AvgIpc) is 2.28. The number of carbonyl (C=O) groups excluding carboxylic acids is 1. The monoisotopic (exact) mass is 205 g/mol. The van der Waals surface area contributed by atoms with E-state index in [1.807, 2.05) is 12.1 Å². The molecule has 0 aliphatic carbocycles. The van der Waals surface area contributed by atoms with Crippen molar-refractivity contribution >= 4 is 6.29 Å². The molecule has 0 fully saturated rings. The Morgan fingerprint density at radius 1 is 1.33 bits per heavy atom. The van der Waals surface area contributed by atoms with Crippen LogP contribution in [-0.2, 0) is 13.0 Å². The number of aldehydes is 1. The molecule has 2 heteroatoms. The Labute approximate surface area is 91.9 Å². The first-order chi connectivity index (χ1) is 7.21. The van der Waals surface area contributed by atoms with E-state index in [-0.39, 0.29) is 0 Å². The van der Waals surface area contributed by atoms with Crippen molar-refractivity contribution in [1.82, 2.24) is 4.90 Å². The van der Waals surface area contributed by atoms with Crippen molar-refractivity contribution in [3.63, 3.8) is 0 Å². The summed E-state index contributed by atoms with van der Waals surface area (Å²) in [5, 5.41) is 0. The predicted molar refractivity (Wildman–Crippen MR) is 63.2 cm³/mol. The topological polar surface area (TPSA) is 20.3 Å². The molecule has 0 saturated carbocycles. The lowest BCUT2D eigenvalue weighted by Crippen LogP contribution is -2.17. The number of nitrogens with zero attached hydrogens (tertiary/aromatic N) is 1. The van der Waals surface area contributed by atoms with Crippen LogP contribution in [0.1, 0.15) is 35.3 Å². The summed E-state index contributed by atoms with van der Waals surface area (Å²) in [6, 6.07) is 6.08. The van der Waals surface area contributed by atoms with Gasteiger partial charge in [-0.05, 0) is 31.1 Å². The third-order valence-corrected chi connectivity index (χ3v) is 2.72. The average molecular weight is 205 g/mol. The number of hydrogen-bond donors (Lipinski definition) is 0. The summed E-state index contributed by atoms with van der Waals surface area (Å²) in [6.07, 6.45) is 1.96. The minimum absolute atomic E-state index is 0.813. The van der Waals surface area contributed by atoms with Gasteiger partial charge in [-0.2, -0.15) is 0 Å². The Hall–Kier alpha value is -1.15. The number of rotatable bonds is 5. The molecule has 1 aromatic carbocycles.